The van der Waals surface area contributed by atoms with Gasteiger partial charge in [0, 0.05) is 21.9 Å². The minimum absolute atomic E-state index is 0.185. The van der Waals surface area contributed by atoms with Crippen LogP contribution in [0.15, 0.2) is 63.8 Å². The maximum atomic E-state index is 12.9. The number of thioether (sulfide) groups is 1. The minimum atomic E-state index is -1.06. The van der Waals surface area contributed by atoms with Crippen LogP contribution in [0.5, 0.6) is 0 Å². The van der Waals surface area contributed by atoms with E-state index in [4.69, 9.17) is 4.42 Å². The van der Waals surface area contributed by atoms with E-state index in [1.54, 1.807) is 62.4 Å². The smallest absolute Gasteiger partial charge is 0.327 e. The molecule has 2 aliphatic heterocycles. The van der Waals surface area contributed by atoms with Gasteiger partial charge in [0.1, 0.15) is 28.8 Å². The van der Waals surface area contributed by atoms with Gasteiger partial charge in [-0.3, -0.25) is 14.4 Å². The summed E-state index contributed by atoms with van der Waals surface area (Å²) >= 11 is 1.37. The molecule has 3 atom stereocenters. The number of carboxylic acid groups (broad SMARTS) is 1. The Labute approximate surface area is 192 Å². The Morgan fingerprint density at radius 3 is 2.61 bits per heavy atom. The average molecular weight is 464 g/mol. The van der Waals surface area contributed by atoms with Crippen molar-refractivity contribution >= 4 is 40.5 Å². The van der Waals surface area contributed by atoms with Gasteiger partial charge in [0.05, 0.1) is 5.39 Å². The molecule has 8 nitrogen and oxygen atoms in total. The van der Waals surface area contributed by atoms with Gasteiger partial charge in [0.2, 0.25) is 5.91 Å². The summed E-state index contributed by atoms with van der Waals surface area (Å²) in [5.74, 6) is -1.60. The van der Waals surface area contributed by atoms with Gasteiger partial charge in [0.15, 0.2) is 5.43 Å². The van der Waals surface area contributed by atoms with Gasteiger partial charge in [-0.05, 0) is 38.1 Å². The lowest BCUT2D eigenvalue weighted by molar-refractivity contribution is -0.159. The van der Waals surface area contributed by atoms with Crippen molar-refractivity contribution in [3.05, 3.63) is 70.4 Å². The number of nitrogens with zero attached hydrogens (tertiary/aromatic N) is 1. The Bertz CT molecular complexity index is 1380. The average Bonchev–Trinajstić information content (AvgIpc) is 3.05. The van der Waals surface area contributed by atoms with E-state index < -0.39 is 40.0 Å². The Kier molecular flexibility index (Phi) is 4.82. The van der Waals surface area contributed by atoms with Crippen molar-refractivity contribution in [2.45, 2.75) is 36.1 Å². The van der Waals surface area contributed by atoms with Crippen molar-refractivity contribution in [2.75, 3.05) is 0 Å². The summed E-state index contributed by atoms with van der Waals surface area (Å²) in [5.41, 5.74) is 1.11. The second-order valence-corrected chi connectivity index (χ2v) is 10.4. The van der Waals surface area contributed by atoms with Crippen LogP contribution in [0, 0.1) is 0 Å². The summed E-state index contributed by atoms with van der Waals surface area (Å²) in [7, 11) is 0. The van der Waals surface area contributed by atoms with E-state index in [9.17, 15) is 24.3 Å². The van der Waals surface area contributed by atoms with E-state index in [1.807, 2.05) is 0 Å². The van der Waals surface area contributed by atoms with Crippen LogP contribution in [0.3, 0.4) is 0 Å². The fourth-order valence-electron chi connectivity index (χ4n) is 4.43. The number of aliphatic carboxylic acids is 1. The number of hydrogen-bond acceptors (Lipinski definition) is 6. The van der Waals surface area contributed by atoms with E-state index >= 15 is 0 Å². The van der Waals surface area contributed by atoms with Crippen LogP contribution in [0.2, 0.25) is 0 Å². The van der Waals surface area contributed by atoms with Crippen LogP contribution < -0.4 is 10.7 Å². The fraction of sp³-hybridized carbons (Fsp3) is 0.250. The number of carbonyl (C=O) groups is 3. The molecule has 2 fully saturated rings. The number of nitrogens with one attached hydrogen (secondary N) is 1. The van der Waals surface area contributed by atoms with Gasteiger partial charge in [0.25, 0.3) is 5.91 Å². The number of carboxylic acids is 1. The molecule has 1 aromatic heterocycles. The Morgan fingerprint density at radius 1 is 1.09 bits per heavy atom. The molecule has 2 amide bonds. The van der Waals surface area contributed by atoms with Crippen molar-refractivity contribution in [1.29, 1.82) is 0 Å². The zero-order valence-electron chi connectivity index (χ0n) is 17.8. The van der Waals surface area contributed by atoms with E-state index in [0.717, 1.165) is 0 Å². The third-order valence-corrected chi connectivity index (χ3v) is 7.58. The lowest BCUT2D eigenvalue weighted by atomic mass is 9.96. The molecule has 2 saturated heterocycles. The molecule has 0 saturated carbocycles. The third kappa shape index (κ3) is 3.39. The molecular weight excluding hydrogens is 444 g/mol. The first-order chi connectivity index (χ1) is 15.7. The number of amides is 2. The maximum Gasteiger partial charge on any atom is 0.327 e. The number of rotatable bonds is 4. The molecule has 3 aromatic rings. The highest BCUT2D eigenvalue weighted by atomic mass is 32.2. The highest BCUT2D eigenvalue weighted by molar-refractivity contribution is 8.01. The molecule has 33 heavy (non-hydrogen) atoms. The third-order valence-electron chi connectivity index (χ3n) is 6.01. The quantitative estimate of drug-likeness (QED) is 0.570. The summed E-state index contributed by atoms with van der Waals surface area (Å²) < 4.78 is 5.19. The largest absolute Gasteiger partial charge is 0.480 e. The van der Waals surface area contributed by atoms with Gasteiger partial charge in [-0.25, -0.2) is 4.79 Å². The summed E-state index contributed by atoms with van der Waals surface area (Å²) in [4.78, 5) is 51.0. The summed E-state index contributed by atoms with van der Waals surface area (Å²) in [6.45, 7) is 3.56. The summed E-state index contributed by atoms with van der Waals surface area (Å²) in [6, 6.07) is 13.2. The first kappa shape index (κ1) is 21.3. The van der Waals surface area contributed by atoms with Gasteiger partial charge >= 0.3 is 5.97 Å². The van der Waals surface area contributed by atoms with Crippen molar-refractivity contribution in [3.63, 3.8) is 0 Å². The Hall–Kier alpha value is -3.59. The monoisotopic (exact) mass is 464 g/mol. The zero-order valence-corrected chi connectivity index (χ0v) is 18.6. The number of fused-ring (bicyclic) bond motifs is 2. The molecular formula is C24H20N2O6S. The number of benzene rings is 2. The van der Waals surface area contributed by atoms with Crippen LogP contribution in [-0.4, -0.2) is 50.0 Å². The molecule has 9 heteroatoms. The van der Waals surface area contributed by atoms with Gasteiger partial charge in [-0.15, -0.1) is 11.8 Å². The summed E-state index contributed by atoms with van der Waals surface area (Å²) in [6.07, 6.45) is 0. The number of para-hydroxylation sites is 1. The molecule has 0 spiro atoms. The predicted octanol–water partition coefficient (Wildman–Crippen LogP) is 2.71. The van der Waals surface area contributed by atoms with Crippen LogP contribution in [0.25, 0.3) is 22.3 Å². The van der Waals surface area contributed by atoms with Gasteiger partial charge in [-0.1, -0.05) is 24.3 Å². The predicted molar refractivity (Wildman–Crippen MR) is 123 cm³/mol. The molecule has 0 radical (unpaired) electrons. The van der Waals surface area contributed by atoms with E-state index in [1.165, 1.54) is 22.7 Å². The lowest BCUT2D eigenvalue weighted by Crippen LogP contribution is -2.70. The highest BCUT2D eigenvalue weighted by Crippen LogP contribution is 2.50. The second-order valence-electron chi connectivity index (χ2n) is 8.60. The molecule has 2 N–H and O–H groups in total. The Morgan fingerprint density at radius 2 is 1.85 bits per heavy atom. The molecule has 2 aromatic carbocycles. The summed E-state index contributed by atoms with van der Waals surface area (Å²) in [5, 5.41) is 12.3. The van der Waals surface area contributed by atoms with Crippen LogP contribution in [0.1, 0.15) is 24.2 Å². The Balaban J connectivity index is 1.38. The van der Waals surface area contributed by atoms with Crippen LogP contribution in [0.4, 0.5) is 0 Å². The molecule has 2 aliphatic rings. The topological polar surface area (TPSA) is 117 Å². The lowest BCUT2D eigenvalue weighted by Gasteiger charge is -2.43. The zero-order chi connectivity index (χ0) is 23.5. The molecule has 5 rings (SSSR count). The molecule has 168 valence electrons. The highest BCUT2D eigenvalue weighted by Gasteiger charge is 2.64. The molecule has 0 bridgehead atoms. The van der Waals surface area contributed by atoms with E-state index in [-0.39, 0.29) is 5.43 Å². The minimum Gasteiger partial charge on any atom is -0.480 e. The van der Waals surface area contributed by atoms with Crippen molar-refractivity contribution < 1.29 is 23.9 Å². The van der Waals surface area contributed by atoms with Crippen LogP contribution in [-0.2, 0) is 9.59 Å². The molecule has 0 aliphatic carbocycles. The molecule has 1 unspecified atom stereocenters. The van der Waals surface area contributed by atoms with Crippen molar-refractivity contribution in [3.8, 4) is 11.3 Å². The number of β-lactam (4-membered cyclic amide) rings is 1. The second kappa shape index (κ2) is 7.48. The maximum absolute atomic E-state index is 12.9. The normalized spacial score (nSPS) is 23.2. The van der Waals surface area contributed by atoms with Gasteiger partial charge < -0.3 is 19.7 Å². The van der Waals surface area contributed by atoms with Crippen molar-refractivity contribution in [2.24, 2.45) is 0 Å². The van der Waals surface area contributed by atoms with Crippen LogP contribution >= 0.6 is 11.8 Å². The van der Waals surface area contributed by atoms with E-state index in [2.05, 4.69) is 5.32 Å². The van der Waals surface area contributed by atoms with Crippen molar-refractivity contribution in [1.82, 2.24) is 10.2 Å². The van der Waals surface area contributed by atoms with Gasteiger partial charge in [-0.2, -0.15) is 0 Å². The molecule has 3 heterocycles. The first-order valence-electron chi connectivity index (χ1n) is 10.3. The first-order valence-corrected chi connectivity index (χ1v) is 11.2. The fourth-order valence-corrected chi connectivity index (χ4v) is 6.06. The number of hydrogen-bond donors (Lipinski definition) is 2. The SMILES string of the molecule is CC1(C)S[C@@H]2[C@H](NC(=O)c3cccc(-c4cc(=O)c5ccccc5o4)c3)C(=O)N2C1C(=O)O. The standard InChI is InChI=1S/C24H20N2O6S/c1-24(2)19(23(30)31)26-21(29)18(22(26)33-24)25-20(28)13-7-5-6-12(10-13)17-11-15(27)14-8-3-4-9-16(14)32-17/h3-11,18-19,22H,1-2H3,(H,25,28)(H,30,31)/t18-,19?,22-/m1/s1. The number of carbonyl (C=O) groups excluding carboxylic acids is 2. The van der Waals surface area contributed by atoms with E-state index in [0.29, 0.717) is 27.9 Å².